The van der Waals surface area contributed by atoms with Gasteiger partial charge in [0.1, 0.15) is 5.82 Å². The van der Waals surface area contributed by atoms with Crippen molar-refractivity contribution < 1.29 is 13.9 Å². The summed E-state index contributed by atoms with van der Waals surface area (Å²) in [6.45, 7) is 0.324. The van der Waals surface area contributed by atoms with Crippen molar-refractivity contribution in [1.82, 2.24) is 5.32 Å². The van der Waals surface area contributed by atoms with Gasteiger partial charge in [0.2, 0.25) is 0 Å². The summed E-state index contributed by atoms with van der Waals surface area (Å²) in [6.07, 6.45) is 0.0560. The van der Waals surface area contributed by atoms with Crippen LogP contribution < -0.4 is 5.32 Å². The van der Waals surface area contributed by atoms with E-state index in [1.165, 1.54) is 6.07 Å². The maximum Gasteiger partial charge on any atom is 0.165 e. The normalized spacial score (nSPS) is 26.4. The van der Waals surface area contributed by atoms with Crippen LogP contribution in [0.15, 0.2) is 24.3 Å². The van der Waals surface area contributed by atoms with Crippen molar-refractivity contribution >= 4 is 6.29 Å². The zero-order valence-electron chi connectivity index (χ0n) is 7.44. The highest BCUT2D eigenvalue weighted by atomic mass is 19.1. The Balaban J connectivity index is 2.17. The minimum Gasteiger partial charge on any atom is -0.354 e. The Morgan fingerprint density at radius 1 is 1.50 bits per heavy atom. The van der Waals surface area contributed by atoms with Crippen molar-refractivity contribution in [3.05, 3.63) is 35.6 Å². The summed E-state index contributed by atoms with van der Waals surface area (Å²) in [6, 6.07) is 6.24. The molecule has 0 amide bonds. The number of ether oxygens (including phenoxy) is 1. The standard InChI is InChI=1S/C10H10FNO2/c11-8-4-2-1-3-7(8)9-6-14-10(5-13)12-9/h1-5,9-10,12H,6H2/t9-,10?/m0/s1. The molecule has 1 fully saturated rings. The topological polar surface area (TPSA) is 38.3 Å². The van der Waals surface area contributed by atoms with Crippen molar-refractivity contribution in [2.24, 2.45) is 0 Å². The molecule has 1 saturated heterocycles. The second-order valence-electron chi connectivity index (χ2n) is 3.13. The zero-order valence-corrected chi connectivity index (χ0v) is 7.44. The maximum atomic E-state index is 13.3. The first-order valence-corrected chi connectivity index (χ1v) is 4.38. The van der Waals surface area contributed by atoms with Crippen molar-refractivity contribution in [3.63, 3.8) is 0 Å². The van der Waals surface area contributed by atoms with E-state index in [0.717, 1.165) is 0 Å². The van der Waals surface area contributed by atoms with Crippen LogP contribution in [0.4, 0.5) is 4.39 Å². The van der Waals surface area contributed by atoms with Gasteiger partial charge in [-0.05, 0) is 6.07 Å². The predicted molar refractivity (Wildman–Crippen MR) is 48.1 cm³/mol. The van der Waals surface area contributed by atoms with Crippen LogP contribution in [0.5, 0.6) is 0 Å². The lowest BCUT2D eigenvalue weighted by Crippen LogP contribution is -2.26. The minimum atomic E-state index is -0.611. The summed E-state index contributed by atoms with van der Waals surface area (Å²) in [4.78, 5) is 10.4. The Morgan fingerprint density at radius 3 is 2.93 bits per heavy atom. The molecule has 1 unspecified atom stereocenters. The number of nitrogens with one attached hydrogen (secondary N) is 1. The van der Waals surface area contributed by atoms with Gasteiger partial charge in [-0.3, -0.25) is 10.1 Å². The molecule has 2 rings (SSSR count). The largest absolute Gasteiger partial charge is 0.354 e. The molecule has 1 aromatic rings. The van der Waals surface area contributed by atoms with E-state index in [2.05, 4.69) is 5.32 Å². The van der Waals surface area contributed by atoms with Gasteiger partial charge in [-0.15, -0.1) is 0 Å². The summed E-state index contributed by atoms with van der Waals surface area (Å²) < 4.78 is 18.4. The van der Waals surface area contributed by atoms with Crippen molar-refractivity contribution in [2.45, 2.75) is 12.3 Å². The van der Waals surface area contributed by atoms with E-state index in [0.29, 0.717) is 18.5 Å². The Labute approximate surface area is 80.9 Å². The number of hydrogen-bond acceptors (Lipinski definition) is 3. The van der Waals surface area contributed by atoms with Crippen LogP contribution in [0.25, 0.3) is 0 Å². The fraction of sp³-hybridized carbons (Fsp3) is 0.300. The van der Waals surface area contributed by atoms with E-state index in [9.17, 15) is 9.18 Å². The van der Waals surface area contributed by atoms with E-state index in [1.807, 2.05) is 0 Å². The molecule has 1 aliphatic rings. The van der Waals surface area contributed by atoms with Crippen LogP contribution in [0.3, 0.4) is 0 Å². The number of halogens is 1. The molecule has 0 spiro atoms. The van der Waals surface area contributed by atoms with Gasteiger partial charge in [0, 0.05) is 5.56 Å². The third-order valence-electron chi connectivity index (χ3n) is 2.21. The molecule has 1 heterocycles. The van der Waals surface area contributed by atoms with Gasteiger partial charge in [0.25, 0.3) is 0 Å². The Hall–Kier alpha value is -1.26. The summed E-state index contributed by atoms with van der Waals surface area (Å²) in [5.41, 5.74) is 0.539. The number of benzene rings is 1. The van der Waals surface area contributed by atoms with Crippen molar-refractivity contribution in [2.75, 3.05) is 6.61 Å². The first-order chi connectivity index (χ1) is 6.81. The van der Waals surface area contributed by atoms with Gasteiger partial charge in [0.05, 0.1) is 12.6 Å². The van der Waals surface area contributed by atoms with E-state index in [-0.39, 0.29) is 11.9 Å². The van der Waals surface area contributed by atoms with Gasteiger partial charge < -0.3 is 4.74 Å². The first kappa shape index (κ1) is 9.30. The lowest BCUT2D eigenvalue weighted by atomic mass is 10.1. The molecule has 1 aliphatic heterocycles. The fourth-order valence-corrected chi connectivity index (χ4v) is 1.51. The van der Waals surface area contributed by atoms with Crippen molar-refractivity contribution in [1.29, 1.82) is 0 Å². The Morgan fingerprint density at radius 2 is 2.29 bits per heavy atom. The van der Waals surface area contributed by atoms with E-state index in [1.54, 1.807) is 18.2 Å². The molecule has 2 atom stereocenters. The lowest BCUT2D eigenvalue weighted by Gasteiger charge is -2.09. The third-order valence-corrected chi connectivity index (χ3v) is 2.21. The molecule has 74 valence electrons. The molecule has 0 aromatic heterocycles. The molecule has 0 bridgehead atoms. The van der Waals surface area contributed by atoms with E-state index < -0.39 is 6.23 Å². The molecule has 3 nitrogen and oxygen atoms in total. The van der Waals surface area contributed by atoms with Gasteiger partial charge in [-0.25, -0.2) is 4.39 Å². The lowest BCUT2D eigenvalue weighted by molar-refractivity contribution is -0.116. The monoisotopic (exact) mass is 195 g/mol. The van der Waals surface area contributed by atoms with Gasteiger partial charge in [0.15, 0.2) is 12.5 Å². The van der Waals surface area contributed by atoms with Gasteiger partial charge in [-0.2, -0.15) is 0 Å². The maximum absolute atomic E-state index is 13.3. The smallest absolute Gasteiger partial charge is 0.165 e. The molecule has 4 heteroatoms. The van der Waals surface area contributed by atoms with E-state index in [4.69, 9.17) is 4.74 Å². The number of carbonyl (C=O) groups excluding carboxylic acids is 1. The van der Waals surface area contributed by atoms with Crippen LogP contribution >= 0.6 is 0 Å². The average Bonchev–Trinajstić information content (AvgIpc) is 2.67. The Kier molecular flexibility index (Phi) is 2.56. The molecule has 0 aliphatic carbocycles. The van der Waals surface area contributed by atoms with Crippen LogP contribution in [0.1, 0.15) is 11.6 Å². The van der Waals surface area contributed by atoms with Gasteiger partial charge in [-0.1, -0.05) is 18.2 Å². The fourth-order valence-electron chi connectivity index (χ4n) is 1.51. The summed E-state index contributed by atoms with van der Waals surface area (Å²) in [7, 11) is 0. The number of rotatable bonds is 2. The molecule has 0 saturated carbocycles. The molecule has 0 radical (unpaired) electrons. The molecule has 14 heavy (non-hydrogen) atoms. The minimum absolute atomic E-state index is 0.230. The van der Waals surface area contributed by atoms with Crippen LogP contribution in [-0.4, -0.2) is 19.1 Å². The molecule has 1 N–H and O–H groups in total. The van der Waals surface area contributed by atoms with Gasteiger partial charge >= 0.3 is 0 Å². The van der Waals surface area contributed by atoms with Crippen LogP contribution in [0, 0.1) is 5.82 Å². The quantitative estimate of drug-likeness (QED) is 0.716. The van der Waals surface area contributed by atoms with E-state index >= 15 is 0 Å². The summed E-state index contributed by atoms with van der Waals surface area (Å²) >= 11 is 0. The summed E-state index contributed by atoms with van der Waals surface area (Å²) in [5.74, 6) is -0.278. The zero-order chi connectivity index (χ0) is 9.97. The first-order valence-electron chi connectivity index (χ1n) is 4.38. The van der Waals surface area contributed by atoms with Crippen LogP contribution in [0.2, 0.25) is 0 Å². The van der Waals surface area contributed by atoms with Crippen LogP contribution in [-0.2, 0) is 9.53 Å². The van der Waals surface area contributed by atoms with Crippen molar-refractivity contribution in [3.8, 4) is 0 Å². The average molecular weight is 195 g/mol. The third kappa shape index (κ3) is 1.66. The predicted octanol–water partition coefficient (Wildman–Crippen LogP) is 1.01. The number of carbonyl (C=O) groups is 1. The highest BCUT2D eigenvalue weighted by Gasteiger charge is 2.26. The SMILES string of the molecule is O=CC1N[C@H](c2ccccc2F)CO1. The molecule has 1 aromatic carbocycles. The highest BCUT2D eigenvalue weighted by molar-refractivity contribution is 5.56. The number of hydrogen-bond donors (Lipinski definition) is 1. The summed E-state index contributed by atoms with van der Waals surface area (Å²) in [5, 5.41) is 2.87. The molecular formula is C10H10FNO2. The second kappa shape index (κ2) is 3.86. The number of aldehydes is 1. The second-order valence-corrected chi connectivity index (χ2v) is 3.13. The highest BCUT2D eigenvalue weighted by Crippen LogP contribution is 2.21. The molecular weight excluding hydrogens is 185 g/mol. The Bertz CT molecular complexity index is 343.